The van der Waals surface area contributed by atoms with Crippen molar-refractivity contribution in [2.75, 3.05) is 0 Å². The molecule has 0 amide bonds. The predicted octanol–water partition coefficient (Wildman–Crippen LogP) is 4.84. The summed E-state index contributed by atoms with van der Waals surface area (Å²) < 4.78 is 14.7. The molecular weight excluding hydrogens is 411 g/mol. The van der Waals surface area contributed by atoms with Gasteiger partial charge in [-0.25, -0.2) is 9.37 Å². The molecule has 2 aromatic heterocycles. The number of aromatic nitrogens is 3. The van der Waals surface area contributed by atoms with E-state index in [9.17, 15) is 9.18 Å². The lowest BCUT2D eigenvalue weighted by Crippen LogP contribution is -2.25. The maximum absolute atomic E-state index is 13.3. The molecule has 5 nitrogen and oxygen atoms in total. The van der Waals surface area contributed by atoms with Gasteiger partial charge in [0.1, 0.15) is 10.8 Å². The molecule has 31 heavy (non-hydrogen) atoms. The number of nitrogens with zero attached hydrogens (tertiary/aromatic N) is 4. The Morgan fingerprint density at radius 1 is 1.00 bits per heavy atom. The van der Waals surface area contributed by atoms with Gasteiger partial charge in [-0.15, -0.1) is 0 Å². The SMILES string of the molecule is CCCCc1nn2c(=O)cc(CN(Cc3ccccc3)Cc3ccc(F)cc3)nc2s1. The smallest absolute Gasteiger partial charge is 0.275 e. The molecular formula is C24H25FN4OS. The number of hydrogen-bond donors (Lipinski definition) is 0. The fraction of sp³-hybridized carbons (Fsp3) is 0.292. The van der Waals surface area contributed by atoms with E-state index in [0.717, 1.165) is 29.8 Å². The van der Waals surface area contributed by atoms with Crippen molar-refractivity contribution in [2.24, 2.45) is 0 Å². The molecule has 0 saturated heterocycles. The lowest BCUT2D eigenvalue weighted by Gasteiger charge is -2.22. The summed E-state index contributed by atoms with van der Waals surface area (Å²) >= 11 is 1.48. The molecule has 0 aliphatic heterocycles. The van der Waals surface area contributed by atoms with Crippen LogP contribution < -0.4 is 5.56 Å². The van der Waals surface area contributed by atoms with Crippen LogP contribution in [-0.2, 0) is 26.1 Å². The van der Waals surface area contributed by atoms with E-state index in [-0.39, 0.29) is 11.4 Å². The first kappa shape index (κ1) is 21.3. The highest BCUT2D eigenvalue weighted by atomic mass is 32.1. The van der Waals surface area contributed by atoms with Gasteiger partial charge in [0.15, 0.2) is 0 Å². The molecule has 0 bridgehead atoms. The van der Waals surface area contributed by atoms with E-state index in [0.29, 0.717) is 30.3 Å². The van der Waals surface area contributed by atoms with Crippen molar-refractivity contribution in [2.45, 2.75) is 45.8 Å². The third-order valence-electron chi connectivity index (χ3n) is 5.04. The summed E-state index contributed by atoms with van der Waals surface area (Å²) in [6, 6.07) is 18.3. The molecule has 0 N–H and O–H groups in total. The van der Waals surface area contributed by atoms with Crippen LogP contribution in [0.3, 0.4) is 0 Å². The fourth-order valence-corrected chi connectivity index (χ4v) is 4.45. The second-order valence-corrected chi connectivity index (χ2v) is 8.68. The van der Waals surface area contributed by atoms with Gasteiger partial charge in [0, 0.05) is 32.1 Å². The molecule has 0 atom stereocenters. The zero-order valence-corrected chi connectivity index (χ0v) is 18.3. The quantitative estimate of drug-likeness (QED) is 0.377. The third-order valence-corrected chi connectivity index (χ3v) is 6.01. The number of aryl methyl sites for hydroxylation is 1. The Morgan fingerprint density at radius 2 is 1.71 bits per heavy atom. The number of unbranched alkanes of at least 4 members (excludes halogenated alkanes) is 1. The van der Waals surface area contributed by atoms with Gasteiger partial charge in [0.25, 0.3) is 5.56 Å². The summed E-state index contributed by atoms with van der Waals surface area (Å²) in [5.74, 6) is -0.248. The molecule has 4 rings (SSSR count). The van der Waals surface area contributed by atoms with E-state index in [4.69, 9.17) is 4.98 Å². The molecule has 0 saturated carbocycles. The minimum absolute atomic E-state index is 0.152. The second kappa shape index (κ2) is 9.94. The van der Waals surface area contributed by atoms with Crippen LogP contribution in [-0.4, -0.2) is 19.5 Å². The van der Waals surface area contributed by atoms with Crippen molar-refractivity contribution < 1.29 is 4.39 Å². The first-order valence-electron chi connectivity index (χ1n) is 10.5. The summed E-state index contributed by atoms with van der Waals surface area (Å²) in [7, 11) is 0. The average molecular weight is 437 g/mol. The average Bonchev–Trinajstić information content (AvgIpc) is 3.18. The Labute approximate surface area is 184 Å². The van der Waals surface area contributed by atoms with Gasteiger partial charge < -0.3 is 0 Å². The molecule has 0 aliphatic carbocycles. The van der Waals surface area contributed by atoms with Gasteiger partial charge in [0.05, 0.1) is 5.69 Å². The highest BCUT2D eigenvalue weighted by Crippen LogP contribution is 2.17. The first-order chi connectivity index (χ1) is 15.1. The molecule has 2 heterocycles. The second-order valence-electron chi connectivity index (χ2n) is 7.64. The van der Waals surface area contributed by atoms with E-state index in [1.54, 1.807) is 18.2 Å². The summed E-state index contributed by atoms with van der Waals surface area (Å²) in [5.41, 5.74) is 2.74. The van der Waals surface area contributed by atoms with Crippen molar-refractivity contribution in [1.29, 1.82) is 0 Å². The van der Waals surface area contributed by atoms with Crippen molar-refractivity contribution >= 4 is 16.3 Å². The molecule has 0 fully saturated rings. The standard InChI is InChI=1S/C24H25FN4OS/c1-2-3-9-22-27-29-23(30)14-21(26-24(29)31-22)17-28(15-18-7-5-4-6-8-18)16-19-10-12-20(25)13-11-19/h4-8,10-14H,2-3,9,15-17H2,1H3. The van der Waals surface area contributed by atoms with E-state index < -0.39 is 0 Å². The maximum atomic E-state index is 13.3. The number of benzene rings is 2. The third kappa shape index (κ3) is 5.62. The minimum atomic E-state index is -0.248. The van der Waals surface area contributed by atoms with Crippen LogP contribution in [0, 0.1) is 5.82 Å². The number of halogens is 1. The Morgan fingerprint density at radius 3 is 2.42 bits per heavy atom. The summed E-state index contributed by atoms with van der Waals surface area (Å²) in [6.07, 6.45) is 3.00. The van der Waals surface area contributed by atoms with Crippen LogP contribution >= 0.6 is 11.3 Å². The fourth-order valence-electron chi connectivity index (χ4n) is 3.49. The van der Waals surface area contributed by atoms with E-state index in [1.807, 2.05) is 18.2 Å². The first-order valence-corrected chi connectivity index (χ1v) is 11.3. The number of fused-ring (bicyclic) bond motifs is 1. The molecule has 0 radical (unpaired) electrons. The molecule has 0 spiro atoms. The van der Waals surface area contributed by atoms with Gasteiger partial charge in [0.2, 0.25) is 4.96 Å². The molecule has 160 valence electrons. The van der Waals surface area contributed by atoms with Gasteiger partial charge in [-0.1, -0.05) is 67.1 Å². The monoisotopic (exact) mass is 436 g/mol. The van der Waals surface area contributed by atoms with Crippen molar-refractivity contribution in [3.05, 3.63) is 98.7 Å². The van der Waals surface area contributed by atoms with E-state index >= 15 is 0 Å². The normalized spacial score (nSPS) is 11.5. The van der Waals surface area contributed by atoms with Crippen molar-refractivity contribution in [1.82, 2.24) is 19.5 Å². The summed E-state index contributed by atoms with van der Waals surface area (Å²) in [6.45, 7) is 3.98. The maximum Gasteiger partial charge on any atom is 0.275 e. The van der Waals surface area contributed by atoms with E-state index in [2.05, 4.69) is 29.1 Å². The molecule has 7 heteroatoms. The van der Waals surface area contributed by atoms with Crippen molar-refractivity contribution in [3.8, 4) is 0 Å². The molecule has 0 aliphatic rings. The molecule has 2 aromatic carbocycles. The van der Waals surface area contributed by atoms with Gasteiger partial charge in [-0.3, -0.25) is 9.69 Å². The predicted molar refractivity (Wildman–Crippen MR) is 122 cm³/mol. The minimum Gasteiger partial charge on any atom is -0.289 e. The van der Waals surface area contributed by atoms with Crippen LogP contribution in [0.5, 0.6) is 0 Å². The van der Waals surface area contributed by atoms with Gasteiger partial charge in [-0.2, -0.15) is 9.61 Å². The zero-order chi connectivity index (χ0) is 21.6. The van der Waals surface area contributed by atoms with Crippen LogP contribution in [0.15, 0.2) is 65.5 Å². The number of hydrogen-bond acceptors (Lipinski definition) is 5. The molecule has 4 aromatic rings. The Hall–Kier alpha value is -2.90. The molecule has 0 unspecified atom stereocenters. The van der Waals surface area contributed by atoms with Crippen molar-refractivity contribution in [3.63, 3.8) is 0 Å². The highest BCUT2D eigenvalue weighted by Gasteiger charge is 2.13. The number of rotatable bonds is 9. The Balaban J connectivity index is 1.59. The van der Waals surface area contributed by atoms with Crippen LogP contribution in [0.1, 0.15) is 41.6 Å². The van der Waals surface area contributed by atoms with Crippen LogP contribution in [0.2, 0.25) is 0 Å². The lowest BCUT2D eigenvalue weighted by atomic mass is 10.1. The Kier molecular flexibility index (Phi) is 6.84. The zero-order valence-electron chi connectivity index (χ0n) is 17.5. The summed E-state index contributed by atoms with van der Waals surface area (Å²) in [4.78, 5) is 20.2. The topological polar surface area (TPSA) is 50.5 Å². The van der Waals surface area contributed by atoms with Gasteiger partial charge >= 0.3 is 0 Å². The van der Waals surface area contributed by atoms with E-state index in [1.165, 1.54) is 33.5 Å². The highest BCUT2D eigenvalue weighted by molar-refractivity contribution is 7.16. The Bertz CT molecular complexity index is 1190. The summed E-state index contributed by atoms with van der Waals surface area (Å²) in [5, 5.41) is 5.37. The van der Waals surface area contributed by atoms with Gasteiger partial charge in [-0.05, 0) is 29.7 Å². The lowest BCUT2D eigenvalue weighted by molar-refractivity contribution is 0.244. The van der Waals surface area contributed by atoms with Crippen LogP contribution in [0.4, 0.5) is 4.39 Å². The largest absolute Gasteiger partial charge is 0.289 e. The van der Waals surface area contributed by atoms with Crippen LogP contribution in [0.25, 0.3) is 4.96 Å².